The maximum Gasteiger partial charge on any atom is 0.0737 e. The molecule has 2 aromatic rings. The molecule has 1 unspecified atom stereocenters. The highest BCUT2D eigenvalue weighted by Gasteiger charge is 2.50. The molecule has 0 amide bonds. The molecule has 4 aliphatic carbocycles. The topological polar surface area (TPSA) is 37.0 Å². The van der Waals surface area contributed by atoms with Crippen molar-refractivity contribution >= 4 is 28.2 Å². The number of fused-ring (bicyclic) bond motifs is 1. The maximum atomic E-state index is 6.10. The van der Waals surface area contributed by atoms with Gasteiger partial charge in [0.25, 0.3) is 0 Å². The molecular formula is C23H30ClN3. The lowest BCUT2D eigenvalue weighted by molar-refractivity contribution is -0.0521. The van der Waals surface area contributed by atoms with E-state index in [1.165, 1.54) is 45.1 Å². The average Bonchev–Trinajstić information content (AvgIpc) is 2.63. The van der Waals surface area contributed by atoms with E-state index in [2.05, 4.69) is 34.7 Å². The predicted molar refractivity (Wildman–Crippen MR) is 113 cm³/mol. The van der Waals surface area contributed by atoms with Crippen LogP contribution in [0.15, 0.2) is 30.5 Å². The fraction of sp³-hybridized carbons (Fsp3) is 0.609. The van der Waals surface area contributed by atoms with Gasteiger partial charge in [-0.2, -0.15) is 0 Å². The molecule has 1 aromatic carbocycles. The Kier molecular flexibility index (Phi) is 4.56. The first-order valence-electron chi connectivity index (χ1n) is 10.6. The van der Waals surface area contributed by atoms with Crippen LogP contribution in [0, 0.1) is 23.2 Å². The fourth-order valence-corrected chi connectivity index (χ4v) is 6.67. The third-order valence-corrected chi connectivity index (χ3v) is 7.53. The zero-order valence-electron chi connectivity index (χ0n) is 16.2. The quantitative estimate of drug-likeness (QED) is 0.692. The summed E-state index contributed by atoms with van der Waals surface area (Å²) >= 11 is 6.10. The number of rotatable bonds is 6. The molecular weight excluding hydrogens is 354 g/mol. The second-order valence-electron chi connectivity index (χ2n) is 9.60. The minimum Gasteiger partial charge on any atom is -0.383 e. The van der Waals surface area contributed by atoms with E-state index in [-0.39, 0.29) is 0 Å². The van der Waals surface area contributed by atoms with E-state index >= 15 is 0 Å². The number of pyridine rings is 1. The highest BCUT2D eigenvalue weighted by Crippen LogP contribution is 2.59. The molecule has 0 saturated heterocycles. The summed E-state index contributed by atoms with van der Waals surface area (Å²) in [6, 6.07) is 8.43. The summed E-state index contributed by atoms with van der Waals surface area (Å²) in [6.07, 6.45) is 10.8. The number of aromatic nitrogens is 1. The van der Waals surface area contributed by atoms with Gasteiger partial charge in [0.2, 0.25) is 0 Å². The summed E-state index contributed by atoms with van der Waals surface area (Å²) in [5, 5.41) is 9.36. The Morgan fingerprint density at radius 2 is 1.81 bits per heavy atom. The number of nitrogens with zero attached hydrogens (tertiary/aromatic N) is 1. The number of nitrogens with one attached hydrogen (secondary N) is 2. The van der Waals surface area contributed by atoms with Gasteiger partial charge in [0.15, 0.2) is 0 Å². The molecule has 4 aliphatic rings. The van der Waals surface area contributed by atoms with Gasteiger partial charge in [0, 0.05) is 41.4 Å². The van der Waals surface area contributed by atoms with Crippen LogP contribution in [0.1, 0.15) is 45.4 Å². The molecule has 1 heterocycles. The summed E-state index contributed by atoms with van der Waals surface area (Å²) in [7, 11) is 0. The van der Waals surface area contributed by atoms with E-state index in [9.17, 15) is 0 Å². The molecule has 4 bridgehead atoms. The van der Waals surface area contributed by atoms with Gasteiger partial charge in [0.1, 0.15) is 0 Å². The molecule has 4 saturated carbocycles. The maximum absolute atomic E-state index is 6.10. The first-order chi connectivity index (χ1) is 13.1. The SMILES string of the molecule is CC(CNc1ccnc2cc(Cl)ccc12)NCC12CC3CC(CC(C3)C1)C2. The highest BCUT2D eigenvalue weighted by atomic mass is 35.5. The largest absolute Gasteiger partial charge is 0.383 e. The van der Waals surface area contributed by atoms with Gasteiger partial charge in [-0.25, -0.2) is 0 Å². The normalized spacial score (nSPS) is 32.7. The summed E-state index contributed by atoms with van der Waals surface area (Å²) in [4.78, 5) is 4.43. The second kappa shape index (κ2) is 6.93. The molecule has 0 aliphatic heterocycles. The van der Waals surface area contributed by atoms with Crippen LogP contribution < -0.4 is 10.6 Å². The molecule has 1 atom stereocenters. The predicted octanol–water partition coefficient (Wildman–Crippen LogP) is 5.49. The summed E-state index contributed by atoms with van der Waals surface area (Å²) in [6.45, 7) is 4.42. The van der Waals surface area contributed by atoms with Crippen molar-refractivity contribution in [2.24, 2.45) is 23.2 Å². The van der Waals surface area contributed by atoms with Crippen LogP contribution in [0.2, 0.25) is 5.02 Å². The number of hydrogen-bond acceptors (Lipinski definition) is 3. The third kappa shape index (κ3) is 3.56. The second-order valence-corrected chi connectivity index (χ2v) is 10.0. The van der Waals surface area contributed by atoms with E-state index in [1.54, 1.807) is 0 Å². The standard InChI is InChI=1S/C23H30ClN3/c1-15(13-26-21-4-5-25-22-9-19(24)2-3-20(21)22)27-14-23-10-16-6-17(11-23)8-18(7-16)12-23/h2-5,9,15-18,27H,6-8,10-14H2,1H3,(H,25,26). The lowest BCUT2D eigenvalue weighted by atomic mass is 9.49. The van der Waals surface area contributed by atoms with E-state index in [4.69, 9.17) is 11.6 Å². The van der Waals surface area contributed by atoms with E-state index in [1.807, 2.05) is 18.3 Å². The Balaban J connectivity index is 1.19. The number of hydrogen-bond donors (Lipinski definition) is 2. The van der Waals surface area contributed by atoms with Gasteiger partial charge in [-0.1, -0.05) is 11.6 Å². The lowest BCUT2D eigenvalue weighted by Gasteiger charge is -2.57. The fourth-order valence-electron chi connectivity index (χ4n) is 6.51. The van der Waals surface area contributed by atoms with Gasteiger partial charge in [-0.05, 0) is 92.9 Å². The molecule has 27 heavy (non-hydrogen) atoms. The van der Waals surface area contributed by atoms with Gasteiger partial charge >= 0.3 is 0 Å². The molecule has 2 N–H and O–H groups in total. The molecule has 0 radical (unpaired) electrons. The molecule has 4 heteroatoms. The Labute approximate surface area is 167 Å². The van der Waals surface area contributed by atoms with E-state index < -0.39 is 0 Å². The van der Waals surface area contributed by atoms with Crippen LogP contribution in [-0.4, -0.2) is 24.1 Å². The lowest BCUT2D eigenvalue weighted by Crippen LogP contribution is -2.52. The Hall–Kier alpha value is -1.32. The van der Waals surface area contributed by atoms with Crippen molar-refractivity contribution in [3.8, 4) is 0 Å². The van der Waals surface area contributed by atoms with Gasteiger partial charge in [-0.3, -0.25) is 4.98 Å². The van der Waals surface area contributed by atoms with Crippen LogP contribution in [-0.2, 0) is 0 Å². The van der Waals surface area contributed by atoms with Crippen molar-refractivity contribution < 1.29 is 0 Å². The molecule has 1 aromatic heterocycles. The Morgan fingerprint density at radius 3 is 2.52 bits per heavy atom. The van der Waals surface area contributed by atoms with Gasteiger partial charge in [0.05, 0.1) is 5.52 Å². The van der Waals surface area contributed by atoms with Crippen LogP contribution >= 0.6 is 11.6 Å². The third-order valence-electron chi connectivity index (χ3n) is 7.29. The van der Waals surface area contributed by atoms with E-state index in [0.29, 0.717) is 11.5 Å². The van der Waals surface area contributed by atoms with Crippen molar-refractivity contribution in [3.05, 3.63) is 35.5 Å². The molecule has 0 spiro atoms. The van der Waals surface area contributed by atoms with Gasteiger partial charge < -0.3 is 10.6 Å². The minimum absolute atomic E-state index is 0.452. The number of benzene rings is 1. The van der Waals surface area contributed by atoms with E-state index in [0.717, 1.165) is 45.9 Å². The molecule has 144 valence electrons. The van der Waals surface area contributed by atoms with Crippen molar-refractivity contribution in [1.29, 1.82) is 0 Å². The monoisotopic (exact) mass is 383 g/mol. The van der Waals surface area contributed by atoms with Crippen molar-refractivity contribution in [1.82, 2.24) is 10.3 Å². The zero-order valence-corrected chi connectivity index (χ0v) is 16.9. The first-order valence-corrected chi connectivity index (χ1v) is 11.0. The van der Waals surface area contributed by atoms with Crippen molar-refractivity contribution in [3.63, 3.8) is 0 Å². The number of halogens is 1. The Morgan fingerprint density at radius 1 is 1.11 bits per heavy atom. The number of anilines is 1. The van der Waals surface area contributed by atoms with Gasteiger partial charge in [-0.15, -0.1) is 0 Å². The summed E-state index contributed by atoms with van der Waals surface area (Å²) < 4.78 is 0. The van der Waals surface area contributed by atoms with Crippen LogP contribution in [0.4, 0.5) is 5.69 Å². The average molecular weight is 384 g/mol. The van der Waals surface area contributed by atoms with Crippen LogP contribution in [0.5, 0.6) is 0 Å². The molecule has 6 rings (SSSR count). The zero-order chi connectivity index (χ0) is 18.4. The Bertz CT molecular complexity index is 798. The van der Waals surface area contributed by atoms with Crippen molar-refractivity contribution in [2.75, 3.05) is 18.4 Å². The molecule has 4 fully saturated rings. The summed E-state index contributed by atoms with van der Waals surface area (Å²) in [5.41, 5.74) is 2.69. The van der Waals surface area contributed by atoms with Crippen molar-refractivity contribution in [2.45, 2.75) is 51.5 Å². The first kappa shape index (κ1) is 17.8. The highest BCUT2D eigenvalue weighted by molar-refractivity contribution is 6.31. The molecule has 3 nitrogen and oxygen atoms in total. The smallest absolute Gasteiger partial charge is 0.0737 e. The van der Waals surface area contributed by atoms with Crippen LogP contribution in [0.25, 0.3) is 10.9 Å². The summed E-state index contributed by atoms with van der Waals surface area (Å²) in [5.74, 6) is 3.09. The van der Waals surface area contributed by atoms with Crippen LogP contribution in [0.3, 0.4) is 0 Å². The minimum atomic E-state index is 0.452.